The summed E-state index contributed by atoms with van der Waals surface area (Å²) in [6, 6.07) is 21.2. The van der Waals surface area contributed by atoms with Gasteiger partial charge in [0.15, 0.2) is 0 Å². The second-order valence-corrected chi connectivity index (χ2v) is 9.63. The number of rotatable bonds is 8. The molecule has 3 aromatic rings. The highest BCUT2D eigenvalue weighted by atomic mass is 16.6. The minimum atomic E-state index is -0.860. The van der Waals surface area contributed by atoms with Crippen molar-refractivity contribution in [3.63, 3.8) is 0 Å². The molecule has 1 N–H and O–H groups in total. The van der Waals surface area contributed by atoms with Crippen LogP contribution in [-0.2, 0) is 22.5 Å². The largest absolute Gasteiger partial charge is 0.481 e. The number of carboxylic acid groups (broad SMARTS) is 1. The topological polar surface area (TPSA) is 92.2 Å². The second kappa shape index (κ2) is 11.0. The summed E-state index contributed by atoms with van der Waals surface area (Å²) in [6.07, 6.45) is 1.59. The third kappa shape index (κ3) is 5.91. The van der Waals surface area contributed by atoms with Crippen molar-refractivity contribution in [2.75, 3.05) is 19.7 Å². The van der Waals surface area contributed by atoms with Crippen LogP contribution in [0.4, 0.5) is 4.79 Å². The molecule has 2 aliphatic rings. The molecule has 2 aliphatic heterocycles. The number of amides is 1. The van der Waals surface area contributed by atoms with Crippen LogP contribution < -0.4 is 4.74 Å². The molecule has 1 amide bonds. The maximum Gasteiger partial charge on any atom is 0.410 e. The normalized spacial score (nSPS) is 18.6. The van der Waals surface area contributed by atoms with Crippen molar-refractivity contribution in [2.45, 2.75) is 44.8 Å². The number of pyridine rings is 1. The van der Waals surface area contributed by atoms with Crippen molar-refractivity contribution in [3.05, 3.63) is 89.1 Å². The van der Waals surface area contributed by atoms with E-state index in [0.29, 0.717) is 18.2 Å². The molecule has 5 rings (SSSR count). The molecule has 1 aromatic heterocycles. The first kappa shape index (κ1) is 24.8. The van der Waals surface area contributed by atoms with Gasteiger partial charge in [0.25, 0.3) is 0 Å². The van der Waals surface area contributed by atoms with E-state index in [1.807, 2.05) is 42.2 Å². The fraction of sp³-hybridized carbons (Fsp3) is 0.345. The van der Waals surface area contributed by atoms with Gasteiger partial charge in [-0.25, -0.2) is 9.78 Å². The molecule has 0 unspecified atom stereocenters. The van der Waals surface area contributed by atoms with Gasteiger partial charge in [0, 0.05) is 37.4 Å². The van der Waals surface area contributed by atoms with Gasteiger partial charge in [-0.1, -0.05) is 48.5 Å². The Labute approximate surface area is 216 Å². The third-order valence-electron chi connectivity index (χ3n) is 7.11. The fourth-order valence-electron chi connectivity index (χ4n) is 5.13. The van der Waals surface area contributed by atoms with Gasteiger partial charge in [-0.2, -0.15) is 0 Å². The number of carbonyl (C=O) groups excluding carboxylic acids is 1. The van der Waals surface area contributed by atoms with Crippen molar-refractivity contribution in [3.8, 4) is 11.6 Å². The average molecular weight is 502 g/mol. The number of hydrogen-bond donors (Lipinski definition) is 1. The molecule has 0 aliphatic carbocycles. The molecule has 0 spiro atoms. The molecule has 2 fully saturated rings. The van der Waals surface area contributed by atoms with Crippen LogP contribution in [0.2, 0.25) is 0 Å². The van der Waals surface area contributed by atoms with E-state index >= 15 is 0 Å². The van der Waals surface area contributed by atoms with Crippen LogP contribution in [0.1, 0.15) is 41.3 Å². The number of benzene rings is 2. The number of aromatic nitrogens is 1. The van der Waals surface area contributed by atoms with Gasteiger partial charge < -0.3 is 14.6 Å². The van der Waals surface area contributed by atoms with Crippen LogP contribution in [0, 0.1) is 6.92 Å². The van der Waals surface area contributed by atoms with Crippen molar-refractivity contribution in [2.24, 2.45) is 0 Å². The number of cyclic esters (lactones) is 1. The first-order valence-corrected chi connectivity index (χ1v) is 12.6. The van der Waals surface area contributed by atoms with Crippen molar-refractivity contribution >= 4 is 12.1 Å². The number of hydrogen-bond acceptors (Lipinski definition) is 6. The Hall–Kier alpha value is -3.91. The third-order valence-corrected chi connectivity index (χ3v) is 7.11. The molecule has 8 heteroatoms. The number of ether oxygens (including phenoxy) is 2. The van der Waals surface area contributed by atoms with Crippen molar-refractivity contribution < 1.29 is 24.2 Å². The molecule has 2 saturated heterocycles. The summed E-state index contributed by atoms with van der Waals surface area (Å²) >= 11 is 0. The number of piperidine rings is 1. The minimum Gasteiger partial charge on any atom is -0.481 e. The van der Waals surface area contributed by atoms with Gasteiger partial charge in [0.05, 0.1) is 12.5 Å². The maximum absolute atomic E-state index is 12.5. The number of likely N-dealkylation sites (tertiary alicyclic amines) is 1. The van der Waals surface area contributed by atoms with Crippen LogP contribution in [0.5, 0.6) is 11.6 Å². The van der Waals surface area contributed by atoms with E-state index in [2.05, 4.69) is 22.0 Å². The van der Waals surface area contributed by atoms with E-state index < -0.39 is 5.97 Å². The molecule has 1 atom stereocenters. The number of aryl methyl sites for hydroxylation is 1. The summed E-state index contributed by atoms with van der Waals surface area (Å²) < 4.78 is 11.3. The summed E-state index contributed by atoms with van der Waals surface area (Å²) in [5.41, 5.74) is 3.90. The Morgan fingerprint density at radius 2 is 1.78 bits per heavy atom. The van der Waals surface area contributed by atoms with Crippen molar-refractivity contribution in [1.82, 2.24) is 14.8 Å². The van der Waals surface area contributed by atoms with Gasteiger partial charge in [-0.15, -0.1) is 0 Å². The number of nitrogens with zero attached hydrogens (tertiary/aromatic N) is 3. The molecule has 2 aromatic carbocycles. The molecule has 0 bridgehead atoms. The average Bonchev–Trinajstić information content (AvgIpc) is 3.29. The first-order valence-electron chi connectivity index (χ1n) is 12.6. The van der Waals surface area contributed by atoms with E-state index in [0.717, 1.165) is 54.9 Å². The zero-order valence-corrected chi connectivity index (χ0v) is 20.9. The lowest BCUT2D eigenvalue weighted by Gasteiger charge is -2.38. The SMILES string of the molecule is Cc1nc(Oc2ccc(CC(=O)O)cc2)ccc1CN1CCC(N2C(=O)OC[C@H]2c2ccccc2)CC1. The molecule has 0 radical (unpaired) electrons. The molecular formula is C29H31N3O5. The number of carboxylic acids is 1. The maximum atomic E-state index is 12.5. The highest BCUT2D eigenvalue weighted by Crippen LogP contribution is 2.33. The summed E-state index contributed by atoms with van der Waals surface area (Å²) in [4.78, 5) is 32.4. The lowest BCUT2D eigenvalue weighted by molar-refractivity contribution is -0.136. The van der Waals surface area contributed by atoms with Crippen molar-refractivity contribution in [1.29, 1.82) is 0 Å². The van der Waals surface area contributed by atoms with Crippen LogP contribution in [0.15, 0.2) is 66.7 Å². The van der Waals surface area contributed by atoms with Crippen LogP contribution >= 0.6 is 0 Å². The zero-order valence-electron chi connectivity index (χ0n) is 20.9. The van der Waals surface area contributed by atoms with Gasteiger partial charge in [-0.05, 0) is 48.6 Å². The molecule has 192 valence electrons. The minimum absolute atomic E-state index is 0.0146. The van der Waals surface area contributed by atoms with E-state index in [4.69, 9.17) is 14.6 Å². The first-order chi connectivity index (χ1) is 18.0. The Bertz CT molecular complexity index is 1240. The highest BCUT2D eigenvalue weighted by Gasteiger charge is 2.40. The van der Waals surface area contributed by atoms with Gasteiger partial charge >= 0.3 is 12.1 Å². The van der Waals surface area contributed by atoms with Crippen LogP contribution in [0.3, 0.4) is 0 Å². The summed E-state index contributed by atoms with van der Waals surface area (Å²) in [6.45, 7) is 4.99. The Balaban J connectivity index is 1.16. The number of aliphatic carboxylic acids is 1. The Kier molecular flexibility index (Phi) is 7.37. The van der Waals surface area contributed by atoms with Crippen LogP contribution in [0.25, 0.3) is 0 Å². The highest BCUT2D eigenvalue weighted by molar-refractivity contribution is 5.71. The lowest BCUT2D eigenvalue weighted by Crippen LogP contribution is -2.46. The fourth-order valence-corrected chi connectivity index (χ4v) is 5.13. The molecule has 37 heavy (non-hydrogen) atoms. The standard InChI is InChI=1S/C29H31N3O5/c1-20-23(9-12-27(30-20)37-25-10-7-21(8-11-25)17-28(33)34)18-31-15-13-24(14-16-31)32-26(19-36-29(32)35)22-5-3-2-4-6-22/h2-12,24,26H,13-19H2,1H3,(H,33,34)/t26-/m0/s1. The zero-order chi connectivity index (χ0) is 25.8. The predicted octanol–water partition coefficient (Wildman–Crippen LogP) is 4.97. The quantitative estimate of drug-likeness (QED) is 0.466. The lowest BCUT2D eigenvalue weighted by atomic mass is 9.98. The molecular weight excluding hydrogens is 470 g/mol. The second-order valence-electron chi connectivity index (χ2n) is 9.63. The smallest absolute Gasteiger partial charge is 0.410 e. The Morgan fingerprint density at radius 3 is 2.46 bits per heavy atom. The summed E-state index contributed by atoms with van der Waals surface area (Å²) in [5, 5.41) is 8.91. The van der Waals surface area contributed by atoms with Gasteiger partial charge in [-0.3, -0.25) is 14.6 Å². The van der Waals surface area contributed by atoms with Gasteiger partial charge in [0.1, 0.15) is 12.4 Å². The van der Waals surface area contributed by atoms with E-state index in [9.17, 15) is 9.59 Å². The number of carbonyl (C=O) groups is 2. The Morgan fingerprint density at radius 1 is 1.05 bits per heavy atom. The van der Waals surface area contributed by atoms with Gasteiger partial charge in [0.2, 0.25) is 5.88 Å². The molecule has 8 nitrogen and oxygen atoms in total. The van der Waals surface area contributed by atoms with E-state index in [-0.39, 0.29) is 24.6 Å². The predicted molar refractivity (Wildman–Crippen MR) is 137 cm³/mol. The van der Waals surface area contributed by atoms with E-state index in [1.165, 1.54) is 0 Å². The summed E-state index contributed by atoms with van der Waals surface area (Å²) in [7, 11) is 0. The van der Waals surface area contributed by atoms with E-state index in [1.54, 1.807) is 24.3 Å². The monoisotopic (exact) mass is 501 g/mol. The van der Waals surface area contributed by atoms with Crippen LogP contribution in [-0.4, -0.2) is 57.7 Å². The summed E-state index contributed by atoms with van der Waals surface area (Å²) in [5.74, 6) is 0.260. The molecule has 0 saturated carbocycles. The molecule has 3 heterocycles.